The Kier molecular flexibility index (Phi) is 4.10. The van der Waals surface area contributed by atoms with Gasteiger partial charge in [-0.1, -0.05) is 36.8 Å². The predicted molar refractivity (Wildman–Crippen MR) is 70.6 cm³/mol. The molecule has 1 aromatic carbocycles. The highest BCUT2D eigenvalue weighted by molar-refractivity contribution is 5.40. The van der Waals surface area contributed by atoms with Gasteiger partial charge in [-0.15, -0.1) is 5.10 Å². The van der Waals surface area contributed by atoms with Gasteiger partial charge in [-0.25, -0.2) is 4.68 Å². The van der Waals surface area contributed by atoms with E-state index in [0.29, 0.717) is 5.69 Å². The fourth-order valence-electron chi connectivity index (χ4n) is 2.04. The first-order valence-electron chi connectivity index (χ1n) is 6.38. The number of benzene rings is 1. The van der Waals surface area contributed by atoms with Crippen molar-refractivity contribution in [2.45, 2.75) is 39.7 Å². The predicted octanol–water partition coefficient (Wildman–Crippen LogP) is 2.41. The summed E-state index contributed by atoms with van der Waals surface area (Å²) in [5.41, 5.74) is 3.90. The molecule has 96 valence electrons. The highest BCUT2D eigenvalue weighted by Gasteiger charge is 2.13. The van der Waals surface area contributed by atoms with Crippen molar-refractivity contribution in [2.24, 2.45) is 0 Å². The molecule has 4 heteroatoms. The van der Waals surface area contributed by atoms with Gasteiger partial charge in [-0.3, -0.25) is 0 Å². The molecule has 0 aliphatic heterocycles. The van der Waals surface area contributed by atoms with Gasteiger partial charge in [-0.05, 0) is 31.4 Å². The molecule has 0 spiro atoms. The Hall–Kier alpha value is -1.68. The third kappa shape index (κ3) is 2.43. The molecule has 0 atom stereocenters. The molecule has 0 bridgehead atoms. The van der Waals surface area contributed by atoms with Crippen LogP contribution in [0.3, 0.4) is 0 Å². The molecule has 0 unspecified atom stereocenters. The van der Waals surface area contributed by atoms with Crippen LogP contribution in [-0.2, 0) is 13.0 Å². The largest absolute Gasteiger partial charge is 0.390 e. The summed E-state index contributed by atoms with van der Waals surface area (Å²) in [4.78, 5) is 0. The van der Waals surface area contributed by atoms with Crippen LogP contribution < -0.4 is 0 Å². The van der Waals surface area contributed by atoms with E-state index >= 15 is 0 Å². The van der Waals surface area contributed by atoms with Gasteiger partial charge in [0, 0.05) is 0 Å². The minimum atomic E-state index is -0.0507. The second-order valence-electron chi connectivity index (χ2n) is 4.44. The molecular formula is C14H19N3O. The van der Waals surface area contributed by atoms with Crippen molar-refractivity contribution in [1.29, 1.82) is 0 Å². The normalized spacial score (nSPS) is 10.8. The molecule has 1 N–H and O–H groups in total. The highest BCUT2D eigenvalue weighted by atomic mass is 16.3. The van der Waals surface area contributed by atoms with E-state index in [-0.39, 0.29) is 6.61 Å². The minimum Gasteiger partial charge on any atom is -0.390 e. The van der Waals surface area contributed by atoms with E-state index in [1.54, 1.807) is 0 Å². The molecule has 0 aliphatic rings. The molecule has 2 rings (SSSR count). The number of nitrogens with zero attached hydrogens (tertiary/aromatic N) is 3. The molecule has 2 aromatic rings. The van der Waals surface area contributed by atoms with Gasteiger partial charge in [0.2, 0.25) is 0 Å². The average Bonchev–Trinajstić information content (AvgIpc) is 2.79. The van der Waals surface area contributed by atoms with Crippen molar-refractivity contribution in [3.8, 4) is 5.69 Å². The van der Waals surface area contributed by atoms with Crippen molar-refractivity contribution in [1.82, 2.24) is 15.0 Å². The lowest BCUT2D eigenvalue weighted by Gasteiger charge is -2.09. The van der Waals surface area contributed by atoms with Gasteiger partial charge in [0.15, 0.2) is 0 Å². The van der Waals surface area contributed by atoms with Gasteiger partial charge < -0.3 is 5.11 Å². The van der Waals surface area contributed by atoms with Gasteiger partial charge in [0.05, 0.1) is 18.0 Å². The van der Waals surface area contributed by atoms with Gasteiger partial charge >= 0.3 is 0 Å². The zero-order valence-corrected chi connectivity index (χ0v) is 10.9. The summed E-state index contributed by atoms with van der Waals surface area (Å²) >= 11 is 0. The van der Waals surface area contributed by atoms with Crippen LogP contribution in [0.25, 0.3) is 5.69 Å². The number of aryl methyl sites for hydroxylation is 1. The van der Waals surface area contributed by atoms with E-state index in [9.17, 15) is 5.11 Å². The zero-order valence-electron chi connectivity index (χ0n) is 10.9. The lowest BCUT2D eigenvalue weighted by Crippen LogP contribution is -2.05. The van der Waals surface area contributed by atoms with E-state index in [2.05, 4.69) is 30.2 Å². The monoisotopic (exact) mass is 245 g/mol. The van der Waals surface area contributed by atoms with Crippen LogP contribution in [0.1, 0.15) is 36.7 Å². The molecule has 1 heterocycles. The summed E-state index contributed by atoms with van der Waals surface area (Å²) in [6.45, 7) is 4.16. The highest BCUT2D eigenvalue weighted by Crippen LogP contribution is 2.18. The Morgan fingerprint density at radius 3 is 2.72 bits per heavy atom. The van der Waals surface area contributed by atoms with Crippen molar-refractivity contribution >= 4 is 0 Å². The van der Waals surface area contributed by atoms with Gasteiger partial charge in [0.25, 0.3) is 0 Å². The van der Waals surface area contributed by atoms with Crippen LogP contribution in [0.4, 0.5) is 0 Å². The summed E-state index contributed by atoms with van der Waals surface area (Å²) in [6.07, 6.45) is 3.09. The minimum absolute atomic E-state index is 0.0507. The number of hydrogen-bond donors (Lipinski definition) is 1. The van der Waals surface area contributed by atoms with Crippen LogP contribution >= 0.6 is 0 Å². The Balaban J connectivity index is 2.44. The van der Waals surface area contributed by atoms with Crippen LogP contribution in [0.15, 0.2) is 24.3 Å². The summed E-state index contributed by atoms with van der Waals surface area (Å²) < 4.78 is 1.86. The van der Waals surface area contributed by atoms with Crippen molar-refractivity contribution in [3.63, 3.8) is 0 Å². The first kappa shape index (κ1) is 12.8. The molecule has 4 nitrogen and oxygen atoms in total. The summed E-state index contributed by atoms with van der Waals surface area (Å²) in [7, 11) is 0. The smallest absolute Gasteiger partial charge is 0.112 e. The van der Waals surface area contributed by atoms with Crippen LogP contribution in [0, 0.1) is 6.92 Å². The first-order valence-corrected chi connectivity index (χ1v) is 6.38. The Morgan fingerprint density at radius 2 is 2.06 bits per heavy atom. The maximum Gasteiger partial charge on any atom is 0.112 e. The van der Waals surface area contributed by atoms with E-state index < -0.39 is 0 Å². The average molecular weight is 245 g/mol. The Bertz CT molecular complexity index is 520. The molecule has 0 amide bonds. The maximum absolute atomic E-state index is 9.33. The molecule has 0 saturated carbocycles. The summed E-state index contributed by atoms with van der Waals surface area (Å²) in [5.74, 6) is 0. The van der Waals surface area contributed by atoms with E-state index in [4.69, 9.17) is 0 Å². The molecular weight excluding hydrogens is 226 g/mol. The molecule has 1 aromatic heterocycles. The fraction of sp³-hybridized carbons (Fsp3) is 0.429. The zero-order chi connectivity index (χ0) is 13.0. The maximum atomic E-state index is 9.33. The second kappa shape index (κ2) is 5.78. The van der Waals surface area contributed by atoms with Crippen molar-refractivity contribution in [3.05, 3.63) is 41.2 Å². The SMILES string of the molecule is CCCCc1c(CO)nnn1-c1ccccc1C. The van der Waals surface area contributed by atoms with Crippen LogP contribution in [0.5, 0.6) is 0 Å². The van der Waals surface area contributed by atoms with E-state index in [0.717, 1.165) is 36.2 Å². The van der Waals surface area contributed by atoms with Crippen molar-refractivity contribution in [2.75, 3.05) is 0 Å². The number of unbranched alkanes of at least 4 members (excludes halogenated alkanes) is 1. The molecule has 0 fully saturated rings. The van der Waals surface area contributed by atoms with Crippen molar-refractivity contribution < 1.29 is 5.11 Å². The lowest BCUT2D eigenvalue weighted by molar-refractivity contribution is 0.275. The lowest BCUT2D eigenvalue weighted by atomic mass is 10.1. The van der Waals surface area contributed by atoms with Crippen LogP contribution in [0.2, 0.25) is 0 Å². The Labute approximate surface area is 107 Å². The second-order valence-corrected chi connectivity index (χ2v) is 4.44. The topological polar surface area (TPSA) is 50.9 Å². The number of aliphatic hydroxyl groups excluding tert-OH is 1. The van der Waals surface area contributed by atoms with Gasteiger partial charge in [0.1, 0.15) is 5.69 Å². The summed E-state index contributed by atoms with van der Waals surface area (Å²) in [5, 5.41) is 17.6. The third-order valence-corrected chi connectivity index (χ3v) is 3.10. The Morgan fingerprint density at radius 1 is 1.28 bits per heavy atom. The number of para-hydroxylation sites is 1. The molecule has 0 saturated heterocycles. The molecule has 0 radical (unpaired) electrons. The van der Waals surface area contributed by atoms with Crippen LogP contribution in [-0.4, -0.2) is 20.1 Å². The fourth-order valence-corrected chi connectivity index (χ4v) is 2.04. The van der Waals surface area contributed by atoms with E-state index in [1.807, 2.05) is 22.9 Å². The van der Waals surface area contributed by atoms with E-state index in [1.165, 1.54) is 0 Å². The van der Waals surface area contributed by atoms with Gasteiger partial charge in [-0.2, -0.15) is 0 Å². The molecule has 0 aliphatic carbocycles. The third-order valence-electron chi connectivity index (χ3n) is 3.10. The quantitative estimate of drug-likeness (QED) is 0.880. The number of aliphatic hydroxyl groups is 1. The standard InChI is InChI=1S/C14H19N3O/c1-3-4-8-14-12(10-18)15-16-17(14)13-9-6-5-7-11(13)2/h5-7,9,18H,3-4,8,10H2,1-2H3. The summed E-state index contributed by atoms with van der Waals surface area (Å²) in [6, 6.07) is 8.08. The number of hydrogen-bond acceptors (Lipinski definition) is 3. The first-order chi connectivity index (χ1) is 8.77. The number of aromatic nitrogens is 3. The molecule has 18 heavy (non-hydrogen) atoms. The number of rotatable bonds is 5.